The van der Waals surface area contributed by atoms with E-state index in [0.29, 0.717) is 38.6 Å². The van der Waals surface area contributed by atoms with Crippen LogP contribution >= 0.6 is 0 Å². The minimum absolute atomic E-state index is 0.0514. The topological polar surface area (TPSA) is 114 Å². The molecule has 2 aliphatic rings. The second-order valence-electron chi connectivity index (χ2n) is 10.2. The fourth-order valence-corrected chi connectivity index (χ4v) is 5.10. The number of aryl methyl sites for hydroxylation is 2. The number of halogens is 4. The van der Waals surface area contributed by atoms with Gasteiger partial charge in [0.1, 0.15) is 18.4 Å². The standard InChI is InChI=1S/C28H25F4N5O5/c1-16(28(30,31)32)36(13-17-3-5-20(29)6-4-17)23(38)15-37-25(40)27(42-26(37)41)10-9-18-11-21(7-8-22(18)27)34-24(39)19-12-33-35(2)14-19/h3-8,11-12,14,16H,9-10,13,15H2,1-2H3,(H,34,39)/t16?,27-/m1/s1. The zero-order chi connectivity index (χ0) is 30.4. The van der Waals surface area contributed by atoms with Gasteiger partial charge in [-0.25, -0.2) is 14.1 Å². The number of hydrogen-bond donors (Lipinski definition) is 1. The maximum absolute atomic E-state index is 13.7. The van der Waals surface area contributed by atoms with E-state index >= 15 is 0 Å². The predicted octanol–water partition coefficient (Wildman–Crippen LogP) is 3.91. The number of carbonyl (C=O) groups is 4. The molecule has 2 heterocycles. The molecule has 0 radical (unpaired) electrons. The van der Waals surface area contributed by atoms with Gasteiger partial charge in [-0.15, -0.1) is 0 Å². The van der Waals surface area contributed by atoms with Crippen molar-refractivity contribution in [2.45, 2.75) is 44.1 Å². The normalized spacial score (nSPS) is 18.7. The van der Waals surface area contributed by atoms with Crippen molar-refractivity contribution in [3.8, 4) is 0 Å². The number of rotatable bonds is 7. The molecule has 1 fully saturated rings. The van der Waals surface area contributed by atoms with Gasteiger partial charge in [-0.3, -0.25) is 19.1 Å². The Morgan fingerprint density at radius 1 is 1.17 bits per heavy atom. The van der Waals surface area contributed by atoms with Crippen LogP contribution in [0.15, 0.2) is 54.9 Å². The molecule has 1 unspecified atom stereocenters. The van der Waals surface area contributed by atoms with Gasteiger partial charge in [0.15, 0.2) is 0 Å². The average molecular weight is 588 g/mol. The highest BCUT2D eigenvalue weighted by atomic mass is 19.4. The lowest BCUT2D eigenvalue weighted by Gasteiger charge is -2.31. The lowest BCUT2D eigenvalue weighted by atomic mass is 9.94. The van der Waals surface area contributed by atoms with Crippen molar-refractivity contribution in [3.05, 3.63) is 82.9 Å². The molecule has 42 heavy (non-hydrogen) atoms. The van der Waals surface area contributed by atoms with E-state index in [9.17, 15) is 36.7 Å². The van der Waals surface area contributed by atoms with Crippen LogP contribution in [0.1, 0.15) is 40.4 Å². The Morgan fingerprint density at radius 2 is 1.88 bits per heavy atom. The molecule has 0 bridgehead atoms. The number of benzene rings is 2. The number of carbonyl (C=O) groups excluding carboxylic acids is 4. The highest BCUT2D eigenvalue weighted by Crippen LogP contribution is 2.46. The number of imide groups is 1. The van der Waals surface area contributed by atoms with E-state index < -0.39 is 60.5 Å². The third-order valence-corrected chi connectivity index (χ3v) is 7.41. The van der Waals surface area contributed by atoms with E-state index in [2.05, 4.69) is 10.4 Å². The zero-order valence-corrected chi connectivity index (χ0v) is 22.4. The Labute approximate surface area is 236 Å². The Morgan fingerprint density at radius 3 is 2.52 bits per heavy atom. The van der Waals surface area contributed by atoms with E-state index in [1.807, 2.05) is 0 Å². The van der Waals surface area contributed by atoms with E-state index in [1.165, 1.54) is 35.1 Å². The minimum Gasteiger partial charge on any atom is -0.427 e. The Hall–Kier alpha value is -4.75. The summed E-state index contributed by atoms with van der Waals surface area (Å²) in [5, 5.41) is 6.69. The molecule has 220 valence electrons. The summed E-state index contributed by atoms with van der Waals surface area (Å²) in [5.41, 5.74) is 0.238. The van der Waals surface area contributed by atoms with Crippen molar-refractivity contribution < 1.29 is 41.5 Å². The number of alkyl halides is 3. The van der Waals surface area contributed by atoms with Crippen molar-refractivity contribution in [3.63, 3.8) is 0 Å². The maximum Gasteiger partial charge on any atom is 0.418 e. The van der Waals surface area contributed by atoms with Crippen LogP contribution < -0.4 is 5.32 Å². The Kier molecular flexibility index (Phi) is 7.25. The monoisotopic (exact) mass is 587 g/mol. The van der Waals surface area contributed by atoms with Crippen LogP contribution in [0.4, 0.5) is 28.0 Å². The first-order valence-corrected chi connectivity index (χ1v) is 12.9. The fraction of sp³-hybridized carbons (Fsp3) is 0.321. The van der Waals surface area contributed by atoms with Gasteiger partial charge in [-0.05, 0) is 48.7 Å². The smallest absolute Gasteiger partial charge is 0.418 e. The number of aromatic nitrogens is 2. The molecular weight excluding hydrogens is 562 g/mol. The SMILES string of the molecule is CC(N(Cc1ccc(F)cc1)C(=O)CN1C(=O)O[C@@]2(CCc3cc(NC(=O)c4cnn(C)c4)ccc32)C1=O)C(F)(F)F. The Balaban J connectivity index is 1.34. The molecule has 5 rings (SSSR count). The first-order chi connectivity index (χ1) is 19.8. The van der Waals surface area contributed by atoms with Crippen molar-refractivity contribution in [2.75, 3.05) is 11.9 Å². The third kappa shape index (κ3) is 5.31. The number of anilines is 1. The molecule has 4 amide bonds. The van der Waals surface area contributed by atoms with Gasteiger partial charge in [0.2, 0.25) is 11.5 Å². The van der Waals surface area contributed by atoms with Gasteiger partial charge in [0, 0.05) is 37.5 Å². The van der Waals surface area contributed by atoms with Crippen molar-refractivity contribution >= 4 is 29.5 Å². The lowest BCUT2D eigenvalue weighted by Crippen LogP contribution is -2.51. The van der Waals surface area contributed by atoms with Crippen LogP contribution in [0.5, 0.6) is 0 Å². The Bertz CT molecular complexity index is 1570. The molecule has 2 aromatic carbocycles. The summed E-state index contributed by atoms with van der Waals surface area (Å²) in [6.45, 7) is -0.723. The van der Waals surface area contributed by atoms with Crippen LogP contribution in [0.2, 0.25) is 0 Å². The van der Waals surface area contributed by atoms with Gasteiger partial charge >= 0.3 is 12.3 Å². The minimum atomic E-state index is -4.80. The number of hydrogen-bond acceptors (Lipinski definition) is 6. The lowest BCUT2D eigenvalue weighted by molar-refractivity contribution is -0.187. The van der Waals surface area contributed by atoms with Crippen molar-refractivity contribution in [2.24, 2.45) is 7.05 Å². The van der Waals surface area contributed by atoms with E-state index in [0.717, 1.165) is 19.1 Å². The van der Waals surface area contributed by atoms with Crippen LogP contribution in [-0.4, -0.2) is 62.2 Å². The highest BCUT2D eigenvalue weighted by molar-refractivity contribution is 6.07. The molecule has 10 nitrogen and oxygen atoms in total. The first-order valence-electron chi connectivity index (χ1n) is 12.9. The fourth-order valence-electron chi connectivity index (χ4n) is 5.10. The van der Waals surface area contributed by atoms with Gasteiger partial charge < -0.3 is 15.0 Å². The molecule has 0 saturated carbocycles. The summed E-state index contributed by atoms with van der Waals surface area (Å²) >= 11 is 0. The van der Waals surface area contributed by atoms with Crippen LogP contribution in [0, 0.1) is 5.82 Å². The van der Waals surface area contributed by atoms with Crippen molar-refractivity contribution in [1.29, 1.82) is 0 Å². The second-order valence-corrected chi connectivity index (χ2v) is 10.2. The summed E-state index contributed by atoms with van der Waals surface area (Å²) < 4.78 is 61.2. The quantitative estimate of drug-likeness (QED) is 0.420. The molecule has 1 aliphatic carbocycles. The van der Waals surface area contributed by atoms with Crippen LogP contribution in [0.3, 0.4) is 0 Å². The van der Waals surface area contributed by atoms with Gasteiger partial charge in [0.25, 0.3) is 11.8 Å². The molecule has 2 atom stereocenters. The molecule has 1 saturated heterocycles. The van der Waals surface area contributed by atoms with Gasteiger partial charge in [-0.1, -0.05) is 18.2 Å². The third-order valence-electron chi connectivity index (χ3n) is 7.41. The molecular formula is C28H25F4N5O5. The number of nitrogens with one attached hydrogen (secondary N) is 1. The predicted molar refractivity (Wildman–Crippen MR) is 138 cm³/mol. The number of ether oxygens (including phenoxy) is 1. The average Bonchev–Trinajstić information content (AvgIpc) is 3.60. The zero-order valence-electron chi connectivity index (χ0n) is 22.4. The second kappa shape index (κ2) is 10.6. The summed E-state index contributed by atoms with van der Waals surface area (Å²) in [6.07, 6.45) is -2.66. The highest BCUT2D eigenvalue weighted by Gasteiger charge is 2.58. The van der Waals surface area contributed by atoms with E-state index in [-0.39, 0.29) is 12.0 Å². The number of fused-ring (bicyclic) bond motifs is 2. The summed E-state index contributed by atoms with van der Waals surface area (Å²) in [6, 6.07) is 7.03. The largest absolute Gasteiger partial charge is 0.427 e. The van der Waals surface area contributed by atoms with Crippen LogP contribution in [0.25, 0.3) is 0 Å². The summed E-state index contributed by atoms with van der Waals surface area (Å²) in [7, 11) is 1.67. The maximum atomic E-state index is 13.7. The summed E-state index contributed by atoms with van der Waals surface area (Å²) in [4.78, 5) is 53.0. The van der Waals surface area contributed by atoms with E-state index in [1.54, 1.807) is 19.3 Å². The molecule has 1 spiro atoms. The number of amides is 4. The molecule has 1 N–H and O–H groups in total. The van der Waals surface area contributed by atoms with Gasteiger partial charge in [0.05, 0.1) is 11.8 Å². The first kappa shape index (κ1) is 28.8. The number of nitrogens with zero attached hydrogens (tertiary/aromatic N) is 4. The van der Waals surface area contributed by atoms with Crippen LogP contribution in [-0.2, 0) is 39.9 Å². The molecule has 14 heteroatoms. The summed E-state index contributed by atoms with van der Waals surface area (Å²) in [5.74, 6) is -3.01. The molecule has 1 aliphatic heterocycles. The molecule has 1 aromatic heterocycles. The van der Waals surface area contributed by atoms with E-state index in [4.69, 9.17) is 4.74 Å². The molecule has 3 aromatic rings. The van der Waals surface area contributed by atoms with Gasteiger partial charge in [-0.2, -0.15) is 18.3 Å². The van der Waals surface area contributed by atoms with Crippen molar-refractivity contribution in [1.82, 2.24) is 19.6 Å².